The van der Waals surface area contributed by atoms with Crippen LogP contribution in [0.2, 0.25) is 0 Å². The summed E-state index contributed by atoms with van der Waals surface area (Å²) in [5.74, 6) is 0. The summed E-state index contributed by atoms with van der Waals surface area (Å²) in [4.78, 5) is 14.0. The van der Waals surface area contributed by atoms with Crippen molar-refractivity contribution in [2.45, 2.75) is 32.1 Å². The number of benzene rings is 1. The molecule has 1 aromatic rings. The molecule has 0 saturated carbocycles. The third kappa shape index (κ3) is 3.04. The van der Waals surface area contributed by atoms with Crippen molar-refractivity contribution in [3.05, 3.63) is 35.9 Å². The van der Waals surface area contributed by atoms with Gasteiger partial charge in [-0.25, -0.2) is 4.79 Å². The van der Waals surface area contributed by atoms with Crippen molar-refractivity contribution in [3.63, 3.8) is 0 Å². The highest BCUT2D eigenvalue weighted by atomic mass is 16.6. The molecule has 0 aliphatic carbocycles. The highest BCUT2D eigenvalue weighted by Crippen LogP contribution is 2.39. The number of likely N-dealkylation sites (tertiary alicyclic amines) is 1. The largest absolute Gasteiger partial charge is 0.445 e. The van der Waals surface area contributed by atoms with E-state index in [1.165, 1.54) is 0 Å². The maximum atomic E-state index is 12.2. The predicted molar refractivity (Wildman–Crippen MR) is 78.5 cm³/mol. The van der Waals surface area contributed by atoms with Crippen LogP contribution in [-0.2, 0) is 11.3 Å². The van der Waals surface area contributed by atoms with E-state index in [2.05, 4.69) is 5.32 Å². The second-order valence-electron chi connectivity index (χ2n) is 6.03. The lowest BCUT2D eigenvalue weighted by atomic mass is 9.78. The first-order valence-corrected chi connectivity index (χ1v) is 7.57. The van der Waals surface area contributed by atoms with E-state index in [0.717, 1.165) is 31.4 Å². The topological polar surface area (TPSA) is 61.8 Å². The van der Waals surface area contributed by atoms with Gasteiger partial charge in [-0.1, -0.05) is 30.3 Å². The first-order chi connectivity index (χ1) is 10.2. The summed E-state index contributed by atoms with van der Waals surface area (Å²) in [6.45, 7) is 2.40. The van der Waals surface area contributed by atoms with Crippen LogP contribution in [0.3, 0.4) is 0 Å². The minimum atomic E-state index is -0.512. The van der Waals surface area contributed by atoms with Gasteiger partial charge in [-0.15, -0.1) is 0 Å². The molecular weight excluding hydrogens is 268 g/mol. The second-order valence-corrected chi connectivity index (χ2v) is 6.03. The van der Waals surface area contributed by atoms with Gasteiger partial charge >= 0.3 is 6.09 Å². The number of hydrogen-bond acceptors (Lipinski definition) is 4. The molecule has 114 valence electrons. The molecule has 0 bridgehead atoms. The van der Waals surface area contributed by atoms with E-state index in [4.69, 9.17) is 4.74 Å². The smallest absolute Gasteiger partial charge is 0.410 e. The maximum absolute atomic E-state index is 12.2. The Hall–Kier alpha value is -1.59. The van der Waals surface area contributed by atoms with Crippen molar-refractivity contribution < 1.29 is 14.6 Å². The van der Waals surface area contributed by atoms with Gasteiger partial charge < -0.3 is 14.7 Å². The van der Waals surface area contributed by atoms with Crippen LogP contribution in [-0.4, -0.2) is 42.0 Å². The lowest BCUT2D eigenvalue weighted by molar-refractivity contribution is -0.0194. The molecule has 0 radical (unpaired) electrons. The molecule has 0 aromatic heterocycles. The van der Waals surface area contributed by atoms with E-state index in [-0.39, 0.29) is 11.5 Å². The highest BCUT2D eigenvalue weighted by molar-refractivity contribution is 5.67. The first-order valence-electron chi connectivity index (χ1n) is 7.57. The zero-order chi connectivity index (χ0) is 14.7. The number of carbonyl (C=O) groups is 1. The Morgan fingerprint density at radius 3 is 2.90 bits per heavy atom. The van der Waals surface area contributed by atoms with Gasteiger partial charge in [0.05, 0.1) is 0 Å². The van der Waals surface area contributed by atoms with Gasteiger partial charge in [-0.2, -0.15) is 0 Å². The molecular formula is C16H22N2O3. The number of ether oxygens (including phenoxy) is 1. The predicted octanol–water partition coefficient (Wildman–Crippen LogP) is 1.72. The van der Waals surface area contributed by atoms with Crippen LogP contribution in [0.25, 0.3) is 0 Å². The molecule has 1 spiro atoms. The van der Waals surface area contributed by atoms with Gasteiger partial charge in [0.2, 0.25) is 0 Å². The van der Waals surface area contributed by atoms with E-state index < -0.39 is 6.23 Å². The summed E-state index contributed by atoms with van der Waals surface area (Å²) in [5, 5.41) is 13.2. The lowest BCUT2D eigenvalue weighted by Crippen LogP contribution is -2.51. The molecule has 2 heterocycles. The summed E-state index contributed by atoms with van der Waals surface area (Å²) in [7, 11) is 0. The van der Waals surface area contributed by atoms with Crippen LogP contribution >= 0.6 is 0 Å². The standard InChI is InChI=1S/C16H22N2O3/c19-14-16(8-9-17-14)7-4-10-18(12-16)15(20)21-11-13-5-2-1-3-6-13/h1-3,5-6,14,17,19H,4,7-12H2. The molecule has 5 heteroatoms. The molecule has 3 rings (SSSR count). The van der Waals surface area contributed by atoms with E-state index >= 15 is 0 Å². The summed E-state index contributed by atoms with van der Waals surface area (Å²) in [5.41, 5.74) is 0.796. The summed E-state index contributed by atoms with van der Waals surface area (Å²) >= 11 is 0. The Morgan fingerprint density at radius 2 is 2.19 bits per heavy atom. The lowest BCUT2D eigenvalue weighted by Gasteiger charge is -2.41. The van der Waals surface area contributed by atoms with Crippen molar-refractivity contribution in [3.8, 4) is 0 Å². The van der Waals surface area contributed by atoms with Crippen LogP contribution in [0.5, 0.6) is 0 Å². The Balaban J connectivity index is 1.57. The number of rotatable bonds is 2. The second kappa shape index (κ2) is 6.03. The SMILES string of the molecule is O=C(OCc1ccccc1)N1CCCC2(CCNC2O)C1. The zero-order valence-corrected chi connectivity index (χ0v) is 12.1. The number of amides is 1. The quantitative estimate of drug-likeness (QED) is 0.870. The molecule has 2 aliphatic heterocycles. The Kier molecular flexibility index (Phi) is 4.12. The van der Waals surface area contributed by atoms with Crippen LogP contribution in [0, 0.1) is 5.41 Å². The maximum Gasteiger partial charge on any atom is 0.410 e. The Bertz CT molecular complexity index is 494. The van der Waals surface area contributed by atoms with Crippen LogP contribution < -0.4 is 5.32 Å². The number of nitrogens with one attached hydrogen (secondary N) is 1. The number of hydrogen-bond donors (Lipinski definition) is 2. The third-order valence-electron chi connectivity index (χ3n) is 4.61. The fraction of sp³-hybridized carbons (Fsp3) is 0.562. The fourth-order valence-corrected chi connectivity index (χ4v) is 3.36. The monoisotopic (exact) mass is 290 g/mol. The number of aliphatic hydroxyl groups excluding tert-OH is 1. The van der Waals surface area contributed by atoms with Gasteiger partial charge in [-0.05, 0) is 31.4 Å². The average molecular weight is 290 g/mol. The van der Waals surface area contributed by atoms with E-state index in [9.17, 15) is 9.90 Å². The first kappa shape index (κ1) is 14.4. The normalized spacial score (nSPS) is 28.8. The van der Waals surface area contributed by atoms with Crippen LogP contribution in [0.15, 0.2) is 30.3 Å². The van der Waals surface area contributed by atoms with Gasteiger partial charge in [0.1, 0.15) is 12.8 Å². The number of aliphatic hydroxyl groups is 1. The van der Waals surface area contributed by atoms with Gasteiger partial charge in [-0.3, -0.25) is 5.32 Å². The minimum Gasteiger partial charge on any atom is -0.445 e. The van der Waals surface area contributed by atoms with Gasteiger partial charge in [0, 0.05) is 18.5 Å². The molecule has 5 nitrogen and oxygen atoms in total. The fourth-order valence-electron chi connectivity index (χ4n) is 3.36. The van der Waals surface area contributed by atoms with Crippen molar-refractivity contribution in [2.24, 2.45) is 5.41 Å². The van der Waals surface area contributed by atoms with Crippen molar-refractivity contribution in [1.29, 1.82) is 0 Å². The average Bonchev–Trinajstić information content (AvgIpc) is 2.86. The van der Waals surface area contributed by atoms with Crippen molar-refractivity contribution in [2.75, 3.05) is 19.6 Å². The van der Waals surface area contributed by atoms with Crippen LogP contribution in [0.4, 0.5) is 4.79 Å². The molecule has 2 fully saturated rings. The summed E-state index contributed by atoms with van der Waals surface area (Å²) in [6.07, 6.45) is 2.00. The van der Waals surface area contributed by atoms with Gasteiger partial charge in [0.15, 0.2) is 0 Å². The number of carbonyl (C=O) groups excluding carboxylic acids is 1. The van der Waals surface area contributed by atoms with Crippen LogP contribution in [0.1, 0.15) is 24.8 Å². The Labute approximate surface area is 124 Å². The summed E-state index contributed by atoms with van der Waals surface area (Å²) in [6, 6.07) is 9.68. The molecule has 2 atom stereocenters. The molecule has 2 aliphatic rings. The number of nitrogens with zero attached hydrogens (tertiary/aromatic N) is 1. The van der Waals surface area contributed by atoms with E-state index in [0.29, 0.717) is 19.7 Å². The highest BCUT2D eigenvalue weighted by Gasteiger charge is 2.46. The number of piperidine rings is 1. The van der Waals surface area contributed by atoms with Gasteiger partial charge in [0.25, 0.3) is 0 Å². The molecule has 2 saturated heterocycles. The molecule has 2 N–H and O–H groups in total. The van der Waals surface area contributed by atoms with Crippen molar-refractivity contribution in [1.82, 2.24) is 10.2 Å². The zero-order valence-electron chi connectivity index (χ0n) is 12.1. The molecule has 1 amide bonds. The molecule has 1 aromatic carbocycles. The van der Waals surface area contributed by atoms with E-state index in [1.807, 2.05) is 30.3 Å². The summed E-state index contributed by atoms with van der Waals surface area (Å²) < 4.78 is 5.39. The Morgan fingerprint density at radius 1 is 1.38 bits per heavy atom. The van der Waals surface area contributed by atoms with E-state index in [1.54, 1.807) is 4.90 Å². The van der Waals surface area contributed by atoms with Crippen molar-refractivity contribution >= 4 is 6.09 Å². The minimum absolute atomic E-state index is 0.190. The third-order valence-corrected chi connectivity index (χ3v) is 4.61. The molecule has 21 heavy (non-hydrogen) atoms. The molecule has 2 unspecified atom stereocenters.